The van der Waals surface area contributed by atoms with Crippen molar-refractivity contribution >= 4 is 23.4 Å². The minimum atomic E-state index is -1.10. The van der Waals surface area contributed by atoms with E-state index < -0.39 is 29.6 Å². The highest BCUT2D eigenvalue weighted by molar-refractivity contribution is 6.03. The summed E-state index contributed by atoms with van der Waals surface area (Å²) in [5.41, 5.74) is 0.589. The Balaban J connectivity index is 1.51. The van der Waals surface area contributed by atoms with Gasteiger partial charge in [-0.2, -0.15) is 0 Å². The molecule has 5 atom stereocenters. The molecule has 1 N–H and O–H groups in total. The Morgan fingerprint density at radius 2 is 1.70 bits per heavy atom. The average Bonchev–Trinajstić information content (AvgIpc) is 3.62. The summed E-state index contributed by atoms with van der Waals surface area (Å²) in [5.74, 6) is -2.16. The number of fused-ring (bicyclic) bond motifs is 1. The Bertz CT molecular complexity index is 1250. The van der Waals surface area contributed by atoms with E-state index in [1.165, 1.54) is 0 Å². The van der Waals surface area contributed by atoms with Crippen LogP contribution in [0.25, 0.3) is 0 Å². The van der Waals surface area contributed by atoms with Gasteiger partial charge < -0.3 is 24.5 Å². The molecule has 3 heterocycles. The molecule has 8 nitrogen and oxygen atoms in total. The maximum absolute atomic E-state index is 14.4. The van der Waals surface area contributed by atoms with Crippen molar-refractivity contribution in [1.29, 1.82) is 0 Å². The third-order valence-electron chi connectivity index (χ3n) is 8.40. The summed E-state index contributed by atoms with van der Waals surface area (Å²) in [4.78, 5) is 47.6. The molecule has 5 rings (SSSR count). The largest absolute Gasteiger partial charge is 0.396 e. The first-order valence-electron chi connectivity index (χ1n) is 14.0. The van der Waals surface area contributed by atoms with E-state index >= 15 is 0 Å². The van der Waals surface area contributed by atoms with Crippen LogP contribution in [0.1, 0.15) is 24.8 Å². The number of benzene rings is 2. The van der Waals surface area contributed by atoms with Gasteiger partial charge in [0.05, 0.1) is 17.9 Å². The number of nitrogens with zero attached hydrogens (tertiary/aromatic N) is 3. The first-order chi connectivity index (χ1) is 19.5. The molecule has 0 aliphatic carbocycles. The molecule has 0 aromatic heterocycles. The molecule has 8 heteroatoms. The molecule has 210 valence electrons. The van der Waals surface area contributed by atoms with E-state index in [0.717, 1.165) is 11.3 Å². The van der Waals surface area contributed by atoms with Gasteiger partial charge in [0.15, 0.2) is 0 Å². The van der Waals surface area contributed by atoms with Gasteiger partial charge in [-0.3, -0.25) is 14.4 Å². The van der Waals surface area contributed by atoms with Gasteiger partial charge in [0.1, 0.15) is 11.6 Å². The highest BCUT2D eigenvalue weighted by Crippen LogP contribution is 2.59. The Morgan fingerprint density at radius 3 is 2.35 bits per heavy atom. The Labute approximate surface area is 235 Å². The van der Waals surface area contributed by atoms with Crippen LogP contribution in [0.15, 0.2) is 86.0 Å². The minimum absolute atomic E-state index is 0.115. The fraction of sp³-hybridized carbons (Fsp3) is 0.406. The summed E-state index contributed by atoms with van der Waals surface area (Å²) < 4.78 is 6.60. The van der Waals surface area contributed by atoms with E-state index in [9.17, 15) is 19.5 Å². The summed E-state index contributed by atoms with van der Waals surface area (Å²) >= 11 is 0. The van der Waals surface area contributed by atoms with Crippen molar-refractivity contribution in [3.05, 3.63) is 91.5 Å². The Morgan fingerprint density at radius 1 is 1.02 bits per heavy atom. The van der Waals surface area contributed by atoms with Crippen LogP contribution in [0.4, 0.5) is 5.69 Å². The van der Waals surface area contributed by atoms with E-state index in [1.807, 2.05) is 60.7 Å². The number of anilines is 1. The second-order valence-corrected chi connectivity index (χ2v) is 10.7. The van der Waals surface area contributed by atoms with Gasteiger partial charge in [-0.15, -0.1) is 13.2 Å². The van der Waals surface area contributed by atoms with Gasteiger partial charge in [0, 0.05) is 38.5 Å². The lowest BCUT2D eigenvalue weighted by Crippen LogP contribution is -2.56. The number of carbonyl (C=O) groups is 3. The maximum Gasteiger partial charge on any atom is 0.248 e. The highest BCUT2D eigenvalue weighted by atomic mass is 16.5. The molecular formula is C32H37N3O5. The van der Waals surface area contributed by atoms with Crippen molar-refractivity contribution in [2.45, 2.75) is 43.6 Å². The van der Waals surface area contributed by atoms with E-state index in [1.54, 1.807) is 26.9 Å². The number of hydrogen-bond donors (Lipinski definition) is 1. The molecule has 3 aliphatic rings. The molecule has 3 amide bonds. The normalized spacial score (nSPS) is 26.4. The molecule has 3 aliphatic heterocycles. The summed E-state index contributed by atoms with van der Waals surface area (Å²) in [6, 6.07) is 18.1. The van der Waals surface area contributed by atoms with Crippen LogP contribution >= 0.6 is 0 Å². The van der Waals surface area contributed by atoms with E-state index in [-0.39, 0.29) is 30.9 Å². The molecule has 2 aromatic carbocycles. The fourth-order valence-corrected chi connectivity index (χ4v) is 6.80. The molecule has 0 saturated carbocycles. The zero-order valence-corrected chi connectivity index (χ0v) is 22.7. The number of ether oxygens (including phenoxy) is 1. The van der Waals surface area contributed by atoms with Crippen molar-refractivity contribution in [3.63, 3.8) is 0 Å². The van der Waals surface area contributed by atoms with Gasteiger partial charge in [0.25, 0.3) is 0 Å². The molecule has 3 saturated heterocycles. The van der Waals surface area contributed by atoms with Gasteiger partial charge in [0.2, 0.25) is 17.7 Å². The summed E-state index contributed by atoms with van der Waals surface area (Å²) in [6.45, 7) is 8.74. The smallest absolute Gasteiger partial charge is 0.248 e. The van der Waals surface area contributed by atoms with Gasteiger partial charge in [-0.25, -0.2) is 0 Å². The monoisotopic (exact) mass is 543 g/mol. The maximum atomic E-state index is 14.4. The number of likely N-dealkylation sites (tertiary alicyclic amines) is 1. The van der Waals surface area contributed by atoms with Crippen LogP contribution < -0.4 is 4.90 Å². The zero-order chi connectivity index (χ0) is 28.3. The van der Waals surface area contributed by atoms with Crippen LogP contribution in [-0.2, 0) is 25.7 Å². The lowest BCUT2D eigenvalue weighted by Gasteiger charge is -2.37. The number of carbonyl (C=O) groups excluding carboxylic acids is 3. The molecule has 1 spiro atoms. The van der Waals surface area contributed by atoms with Gasteiger partial charge in [-0.05, 0) is 37.0 Å². The molecule has 2 aromatic rings. The summed E-state index contributed by atoms with van der Waals surface area (Å²) in [7, 11) is 0. The third-order valence-corrected chi connectivity index (χ3v) is 8.40. The highest BCUT2D eigenvalue weighted by Gasteiger charge is 2.74. The van der Waals surface area contributed by atoms with Crippen molar-refractivity contribution in [1.82, 2.24) is 9.80 Å². The quantitative estimate of drug-likeness (QED) is 0.416. The fourth-order valence-electron chi connectivity index (χ4n) is 6.80. The van der Waals surface area contributed by atoms with Crippen molar-refractivity contribution in [2.75, 3.05) is 31.1 Å². The van der Waals surface area contributed by atoms with E-state index in [4.69, 9.17) is 4.74 Å². The van der Waals surface area contributed by atoms with Gasteiger partial charge >= 0.3 is 0 Å². The number of hydrogen-bond acceptors (Lipinski definition) is 5. The number of amides is 3. The number of rotatable bonds is 12. The van der Waals surface area contributed by atoms with Crippen molar-refractivity contribution in [2.24, 2.45) is 11.8 Å². The van der Waals surface area contributed by atoms with Crippen molar-refractivity contribution in [3.8, 4) is 0 Å². The lowest BCUT2D eigenvalue weighted by molar-refractivity contribution is -0.148. The predicted molar refractivity (Wildman–Crippen MR) is 152 cm³/mol. The average molecular weight is 544 g/mol. The molecule has 2 bridgehead atoms. The molecular weight excluding hydrogens is 506 g/mol. The summed E-state index contributed by atoms with van der Waals surface area (Å²) in [6.07, 6.45) is 4.33. The zero-order valence-electron chi connectivity index (χ0n) is 22.7. The number of aliphatic hydroxyl groups excluding tert-OH is 1. The van der Waals surface area contributed by atoms with Crippen LogP contribution in [0, 0.1) is 11.8 Å². The minimum Gasteiger partial charge on any atom is -0.396 e. The van der Waals surface area contributed by atoms with E-state index in [0.29, 0.717) is 38.9 Å². The first kappa shape index (κ1) is 27.8. The summed E-state index contributed by atoms with van der Waals surface area (Å²) in [5, 5.41) is 9.61. The van der Waals surface area contributed by atoms with Crippen LogP contribution in [0.2, 0.25) is 0 Å². The molecule has 2 unspecified atom stereocenters. The second-order valence-electron chi connectivity index (χ2n) is 10.7. The lowest BCUT2D eigenvalue weighted by atomic mass is 9.70. The van der Waals surface area contributed by atoms with Gasteiger partial charge in [-0.1, -0.05) is 60.7 Å². The third kappa shape index (κ3) is 4.75. The number of aliphatic hydroxyl groups is 1. The van der Waals surface area contributed by atoms with Crippen LogP contribution in [-0.4, -0.2) is 76.6 Å². The topological polar surface area (TPSA) is 90.4 Å². The first-order valence-corrected chi connectivity index (χ1v) is 14.0. The number of para-hydroxylation sites is 1. The van der Waals surface area contributed by atoms with E-state index in [2.05, 4.69) is 13.2 Å². The predicted octanol–water partition coefficient (Wildman–Crippen LogP) is 3.18. The standard InChI is InChI=1S/C32H37N3O5/c1-3-18-33(22-23-12-7-5-8-13-23)31(39)28-32-17-16-25(40-32)26(27(32)30(38)35(28)20-11-21-36)29(37)34(19-4-2)24-14-9-6-10-15-24/h3-10,12-15,25-28,36H,1-2,11,16-22H2/t25-,26+,27+,28?,32?/m1/s1. The second kappa shape index (κ2) is 11.8. The molecule has 0 radical (unpaired) electrons. The molecule has 3 fully saturated rings. The SMILES string of the molecule is C=CCN(Cc1ccccc1)C(=O)C1N(CCCO)C(=O)[C@@H]2[C@@H](C(=O)N(CC=C)c3ccccc3)[C@H]3CCC12O3. The van der Waals surface area contributed by atoms with Crippen LogP contribution in [0.5, 0.6) is 0 Å². The Hall–Kier alpha value is -3.75. The molecule has 40 heavy (non-hydrogen) atoms. The van der Waals surface area contributed by atoms with Crippen LogP contribution in [0.3, 0.4) is 0 Å². The Kier molecular flexibility index (Phi) is 8.19. The van der Waals surface area contributed by atoms with Crippen molar-refractivity contribution < 1.29 is 24.2 Å².